The third kappa shape index (κ3) is 2.39. The minimum absolute atomic E-state index is 0.542. The number of imidazole rings is 1. The van der Waals surface area contributed by atoms with Crippen molar-refractivity contribution < 1.29 is 4.42 Å². The predicted molar refractivity (Wildman–Crippen MR) is 88.1 cm³/mol. The first-order valence-corrected chi connectivity index (χ1v) is 8.09. The molecule has 0 saturated heterocycles. The van der Waals surface area contributed by atoms with Crippen molar-refractivity contribution in [3.63, 3.8) is 0 Å². The standard InChI is InChI=1S/C18H21N3O/c1-13-7-9-21-16(11-13)20-17(14-8-10-22-12-14)18(21)19-15-5-3-2-4-6-15/h7-12,15,19H,2-6H2,1H3. The zero-order valence-corrected chi connectivity index (χ0v) is 12.9. The highest BCUT2D eigenvalue weighted by Gasteiger charge is 2.20. The molecule has 1 fully saturated rings. The second-order valence-electron chi connectivity index (χ2n) is 6.23. The first-order valence-electron chi connectivity index (χ1n) is 8.09. The van der Waals surface area contributed by atoms with Gasteiger partial charge in [-0.1, -0.05) is 19.3 Å². The Morgan fingerprint density at radius 3 is 2.86 bits per heavy atom. The molecule has 4 heteroatoms. The van der Waals surface area contributed by atoms with Gasteiger partial charge < -0.3 is 9.73 Å². The van der Waals surface area contributed by atoms with E-state index in [2.05, 4.69) is 35.0 Å². The maximum atomic E-state index is 5.26. The van der Waals surface area contributed by atoms with Crippen LogP contribution >= 0.6 is 0 Å². The van der Waals surface area contributed by atoms with E-state index in [1.54, 1.807) is 12.5 Å². The number of pyridine rings is 1. The molecule has 0 amide bonds. The maximum absolute atomic E-state index is 5.26. The molecule has 3 heterocycles. The fourth-order valence-electron chi connectivity index (χ4n) is 3.33. The van der Waals surface area contributed by atoms with Gasteiger partial charge in [0.15, 0.2) is 0 Å². The van der Waals surface area contributed by atoms with Crippen LogP contribution in [0.4, 0.5) is 5.82 Å². The van der Waals surface area contributed by atoms with Gasteiger partial charge in [-0.25, -0.2) is 4.98 Å². The number of nitrogens with one attached hydrogen (secondary N) is 1. The summed E-state index contributed by atoms with van der Waals surface area (Å²) in [5.74, 6) is 1.09. The van der Waals surface area contributed by atoms with Gasteiger partial charge >= 0.3 is 0 Å². The van der Waals surface area contributed by atoms with Gasteiger partial charge in [-0.3, -0.25) is 4.40 Å². The molecule has 0 radical (unpaired) electrons. The van der Waals surface area contributed by atoms with Crippen molar-refractivity contribution in [2.24, 2.45) is 0 Å². The average Bonchev–Trinajstić information content (AvgIpc) is 3.16. The number of rotatable bonds is 3. The lowest BCUT2D eigenvalue weighted by Crippen LogP contribution is -2.23. The Morgan fingerprint density at radius 2 is 2.09 bits per heavy atom. The second kappa shape index (κ2) is 5.52. The van der Waals surface area contributed by atoms with E-state index in [4.69, 9.17) is 9.40 Å². The van der Waals surface area contributed by atoms with Crippen LogP contribution in [0, 0.1) is 6.92 Å². The van der Waals surface area contributed by atoms with Crippen LogP contribution in [0.25, 0.3) is 16.9 Å². The minimum atomic E-state index is 0.542. The van der Waals surface area contributed by atoms with Crippen LogP contribution in [0.3, 0.4) is 0 Å². The summed E-state index contributed by atoms with van der Waals surface area (Å²) >= 11 is 0. The fourth-order valence-corrected chi connectivity index (χ4v) is 3.33. The molecule has 0 spiro atoms. The topological polar surface area (TPSA) is 42.5 Å². The molecule has 0 aliphatic heterocycles. The monoisotopic (exact) mass is 295 g/mol. The van der Waals surface area contributed by atoms with Crippen LogP contribution in [0.15, 0.2) is 41.3 Å². The highest BCUT2D eigenvalue weighted by Crippen LogP contribution is 2.31. The first-order chi connectivity index (χ1) is 10.8. The Kier molecular flexibility index (Phi) is 3.37. The highest BCUT2D eigenvalue weighted by atomic mass is 16.3. The van der Waals surface area contributed by atoms with Crippen molar-refractivity contribution in [2.45, 2.75) is 45.1 Å². The lowest BCUT2D eigenvalue weighted by molar-refractivity contribution is 0.461. The predicted octanol–water partition coefficient (Wildman–Crippen LogP) is 4.65. The zero-order valence-electron chi connectivity index (χ0n) is 12.9. The molecule has 1 N–H and O–H groups in total. The third-order valence-electron chi connectivity index (χ3n) is 4.52. The van der Waals surface area contributed by atoms with E-state index in [9.17, 15) is 0 Å². The number of hydrogen-bond donors (Lipinski definition) is 1. The Hall–Kier alpha value is -2.23. The number of fused-ring (bicyclic) bond motifs is 1. The Labute approximate surface area is 130 Å². The lowest BCUT2D eigenvalue weighted by atomic mass is 9.95. The van der Waals surface area contributed by atoms with Crippen LogP contribution in [0.5, 0.6) is 0 Å². The lowest BCUT2D eigenvalue weighted by Gasteiger charge is -2.24. The Morgan fingerprint density at radius 1 is 1.23 bits per heavy atom. The van der Waals surface area contributed by atoms with E-state index in [1.165, 1.54) is 37.7 Å². The summed E-state index contributed by atoms with van der Waals surface area (Å²) in [4.78, 5) is 4.82. The first kappa shape index (κ1) is 13.4. The van der Waals surface area contributed by atoms with Crippen molar-refractivity contribution in [1.29, 1.82) is 0 Å². The number of aromatic nitrogens is 2. The normalized spacial score (nSPS) is 16.2. The molecule has 0 unspecified atom stereocenters. The minimum Gasteiger partial charge on any atom is -0.472 e. The van der Waals surface area contributed by atoms with E-state index in [0.717, 1.165) is 22.7 Å². The van der Waals surface area contributed by atoms with Gasteiger partial charge in [0.1, 0.15) is 17.2 Å². The van der Waals surface area contributed by atoms with E-state index in [1.807, 2.05) is 6.07 Å². The molecule has 4 nitrogen and oxygen atoms in total. The van der Waals surface area contributed by atoms with Crippen LogP contribution in [0.1, 0.15) is 37.7 Å². The van der Waals surface area contributed by atoms with Gasteiger partial charge in [-0.15, -0.1) is 0 Å². The molecule has 0 aromatic carbocycles. The summed E-state index contributed by atoms with van der Waals surface area (Å²) in [5.41, 5.74) is 4.21. The van der Waals surface area contributed by atoms with Crippen molar-refractivity contribution in [1.82, 2.24) is 9.38 Å². The third-order valence-corrected chi connectivity index (χ3v) is 4.52. The maximum Gasteiger partial charge on any atom is 0.139 e. The molecule has 3 aromatic rings. The van der Waals surface area contributed by atoms with Gasteiger partial charge in [-0.2, -0.15) is 0 Å². The van der Waals surface area contributed by atoms with Gasteiger partial charge in [0, 0.05) is 17.8 Å². The van der Waals surface area contributed by atoms with Crippen LogP contribution in [0.2, 0.25) is 0 Å². The highest BCUT2D eigenvalue weighted by molar-refractivity contribution is 5.76. The summed E-state index contributed by atoms with van der Waals surface area (Å²) in [6, 6.07) is 6.76. The summed E-state index contributed by atoms with van der Waals surface area (Å²) in [7, 11) is 0. The number of anilines is 1. The number of furan rings is 1. The van der Waals surface area contributed by atoms with Crippen molar-refractivity contribution >= 4 is 11.5 Å². The van der Waals surface area contributed by atoms with E-state index in [0.29, 0.717) is 6.04 Å². The molecular formula is C18H21N3O. The molecule has 1 aliphatic carbocycles. The van der Waals surface area contributed by atoms with Crippen LogP contribution in [-0.4, -0.2) is 15.4 Å². The molecular weight excluding hydrogens is 274 g/mol. The van der Waals surface area contributed by atoms with Gasteiger partial charge in [0.05, 0.1) is 12.5 Å². The molecule has 22 heavy (non-hydrogen) atoms. The van der Waals surface area contributed by atoms with E-state index < -0.39 is 0 Å². The fraction of sp³-hybridized carbons (Fsp3) is 0.389. The number of hydrogen-bond acceptors (Lipinski definition) is 3. The van der Waals surface area contributed by atoms with Gasteiger partial charge in [0.25, 0.3) is 0 Å². The van der Waals surface area contributed by atoms with E-state index >= 15 is 0 Å². The van der Waals surface area contributed by atoms with Crippen LogP contribution in [-0.2, 0) is 0 Å². The summed E-state index contributed by atoms with van der Waals surface area (Å²) in [6.07, 6.45) is 12.0. The zero-order chi connectivity index (χ0) is 14.9. The SMILES string of the molecule is Cc1ccn2c(NC3CCCCC3)c(-c3ccoc3)nc2c1. The summed E-state index contributed by atoms with van der Waals surface area (Å²) in [6.45, 7) is 2.10. The molecule has 0 atom stereocenters. The smallest absolute Gasteiger partial charge is 0.139 e. The van der Waals surface area contributed by atoms with Gasteiger partial charge in [-0.05, 0) is 43.5 Å². The quantitative estimate of drug-likeness (QED) is 0.765. The average molecular weight is 295 g/mol. The van der Waals surface area contributed by atoms with E-state index in [-0.39, 0.29) is 0 Å². The van der Waals surface area contributed by atoms with Crippen molar-refractivity contribution in [3.8, 4) is 11.3 Å². The second-order valence-corrected chi connectivity index (χ2v) is 6.23. The van der Waals surface area contributed by atoms with Crippen molar-refractivity contribution in [2.75, 3.05) is 5.32 Å². The Balaban J connectivity index is 1.80. The summed E-state index contributed by atoms with van der Waals surface area (Å²) in [5, 5.41) is 3.74. The molecule has 1 saturated carbocycles. The number of aryl methyl sites for hydroxylation is 1. The van der Waals surface area contributed by atoms with Gasteiger partial charge in [0.2, 0.25) is 0 Å². The molecule has 114 valence electrons. The number of nitrogens with zero attached hydrogens (tertiary/aromatic N) is 2. The molecule has 0 bridgehead atoms. The largest absolute Gasteiger partial charge is 0.472 e. The molecule has 3 aromatic heterocycles. The van der Waals surface area contributed by atoms with Crippen molar-refractivity contribution in [3.05, 3.63) is 42.5 Å². The molecule has 1 aliphatic rings. The van der Waals surface area contributed by atoms with Crippen LogP contribution < -0.4 is 5.32 Å². The Bertz CT molecular complexity index is 767. The summed E-state index contributed by atoms with van der Waals surface area (Å²) < 4.78 is 7.41. The molecule has 4 rings (SSSR count).